The van der Waals surface area contributed by atoms with Gasteiger partial charge in [0.15, 0.2) is 0 Å². The molecule has 0 atom stereocenters. The van der Waals surface area contributed by atoms with E-state index >= 15 is 0 Å². The topological polar surface area (TPSA) is 82.5 Å². The van der Waals surface area contributed by atoms with Crippen molar-refractivity contribution >= 4 is 33.1 Å². The Morgan fingerprint density at radius 3 is 0.833 bits per heavy atom. The number of thiophene rings is 1. The highest BCUT2D eigenvalue weighted by atomic mass is 32.1. The van der Waals surface area contributed by atoms with E-state index < -0.39 is 0 Å². The van der Waals surface area contributed by atoms with Gasteiger partial charge in [-0.25, -0.2) is 19.9 Å². The Bertz CT molecular complexity index is 1430. The molecule has 7 nitrogen and oxygen atoms in total. The zero-order valence-corrected chi connectivity index (χ0v) is 48.1. The van der Waals surface area contributed by atoms with E-state index in [1.807, 2.05) is 292 Å². The summed E-state index contributed by atoms with van der Waals surface area (Å²) < 4.78 is 6.58. The number of aryl methyl sites for hydroxylation is 1. The smallest absolute Gasteiger partial charge is 0.119 e. The number of rotatable bonds is 0. The van der Waals surface area contributed by atoms with Crippen molar-refractivity contribution in [3.05, 3.63) is 176 Å². The summed E-state index contributed by atoms with van der Waals surface area (Å²) >= 11 is 1.71. The van der Waals surface area contributed by atoms with Crippen LogP contribution in [0.25, 0.3) is 21.8 Å². The quantitative estimate of drug-likeness (QED) is 0.141. The third-order valence-electron chi connectivity index (χ3n) is 5.00. The van der Waals surface area contributed by atoms with Gasteiger partial charge in [-0.1, -0.05) is 265 Å². The normalized spacial score (nSPS) is 6.29. The van der Waals surface area contributed by atoms with Gasteiger partial charge in [0.2, 0.25) is 0 Å². The van der Waals surface area contributed by atoms with Gasteiger partial charge in [0.1, 0.15) is 19.0 Å². The van der Waals surface area contributed by atoms with Gasteiger partial charge in [0.25, 0.3) is 0 Å². The van der Waals surface area contributed by atoms with Crippen molar-refractivity contribution in [2.75, 3.05) is 0 Å². The molecule has 426 valence electrons. The molecule has 0 radical (unpaired) electrons. The zero-order valence-electron chi connectivity index (χ0n) is 47.2. The average Bonchev–Trinajstić information content (AvgIpc) is 4.34. The van der Waals surface area contributed by atoms with Crippen molar-refractivity contribution in [1.82, 2.24) is 29.5 Å². The van der Waals surface area contributed by atoms with Gasteiger partial charge in [-0.05, 0) is 65.4 Å². The molecule has 8 heteroatoms. The molecule has 0 aliphatic rings. The third kappa shape index (κ3) is 90.9. The molecular formula is C64H128N6OS. The summed E-state index contributed by atoms with van der Waals surface area (Å²) in [4.78, 5) is 19.0. The maximum Gasteiger partial charge on any atom is 0.119 e. The Hall–Kier alpha value is -5.47. The summed E-state index contributed by atoms with van der Waals surface area (Å²) in [5.74, 6) is 0. The van der Waals surface area contributed by atoms with Crippen LogP contribution in [0.3, 0.4) is 0 Å². The van der Waals surface area contributed by atoms with Crippen molar-refractivity contribution in [2.45, 2.75) is 211 Å². The van der Waals surface area contributed by atoms with E-state index in [1.165, 1.54) is 29.8 Å². The van der Waals surface area contributed by atoms with Crippen LogP contribution < -0.4 is 0 Å². The number of pyridine rings is 2. The molecule has 0 spiro atoms. The second kappa shape index (κ2) is 132. The van der Waals surface area contributed by atoms with Gasteiger partial charge in [-0.15, -0.1) is 0 Å². The number of nitrogens with zero attached hydrogens (tertiary/aromatic N) is 6. The van der Waals surface area contributed by atoms with E-state index in [2.05, 4.69) is 47.5 Å². The van der Waals surface area contributed by atoms with Crippen molar-refractivity contribution in [1.29, 1.82) is 0 Å². The first-order chi connectivity index (χ1) is 32.8. The summed E-state index contributed by atoms with van der Waals surface area (Å²) in [6, 6.07) is 36.0. The Kier molecular flexibility index (Phi) is 205. The van der Waals surface area contributed by atoms with Crippen LogP contribution in [-0.4, -0.2) is 29.5 Å². The lowest BCUT2D eigenvalue weighted by atomic mass is 10.1. The predicted octanol–water partition coefficient (Wildman–Crippen LogP) is 24.5. The second-order valence-corrected chi connectivity index (χ2v) is 8.94. The van der Waals surface area contributed by atoms with E-state index in [1.54, 1.807) is 36.3 Å². The van der Waals surface area contributed by atoms with Crippen molar-refractivity contribution < 1.29 is 4.42 Å². The fourth-order valence-corrected chi connectivity index (χ4v) is 3.57. The molecule has 0 N–H and O–H groups in total. The van der Waals surface area contributed by atoms with Crippen LogP contribution in [0.4, 0.5) is 0 Å². The molecule has 6 heterocycles. The van der Waals surface area contributed by atoms with E-state index in [9.17, 15) is 0 Å². The summed E-state index contributed by atoms with van der Waals surface area (Å²) in [6.45, 7) is 48.0. The van der Waals surface area contributed by atoms with Gasteiger partial charge in [-0.3, -0.25) is 4.98 Å². The first kappa shape index (κ1) is 112. The first-order valence-electron chi connectivity index (χ1n) is 25.0. The maximum absolute atomic E-state index is 4.58. The fraction of sp³-hybridized carbons (Fsp3) is 0.484. The van der Waals surface area contributed by atoms with Gasteiger partial charge < -0.3 is 8.98 Å². The van der Waals surface area contributed by atoms with E-state index in [0.717, 1.165) is 11.0 Å². The average molecular weight is 1030 g/mol. The highest BCUT2D eigenvalue weighted by molar-refractivity contribution is 7.07. The molecule has 0 aliphatic carbocycles. The van der Waals surface area contributed by atoms with Crippen LogP contribution in [0.5, 0.6) is 0 Å². The lowest BCUT2D eigenvalue weighted by molar-refractivity contribution is 0.567. The van der Waals surface area contributed by atoms with Crippen LogP contribution in [0, 0.1) is 0 Å². The van der Waals surface area contributed by atoms with Crippen molar-refractivity contribution in [3.63, 3.8) is 0 Å². The Balaban J connectivity index is -0.0000000348. The van der Waals surface area contributed by atoms with Crippen LogP contribution >= 0.6 is 11.3 Å². The number of hydrogen-bond donors (Lipinski definition) is 0. The Morgan fingerprint density at radius 1 is 0.347 bits per heavy atom. The minimum atomic E-state index is 0. The summed E-state index contributed by atoms with van der Waals surface area (Å²) in [6.07, 6.45) is 15.1. The molecule has 0 unspecified atom stereocenters. The molecule has 6 aromatic heterocycles. The molecule has 0 fully saturated rings. The van der Waals surface area contributed by atoms with E-state index in [4.69, 9.17) is 0 Å². The molecule has 0 saturated heterocycles. The predicted molar refractivity (Wildman–Crippen MR) is 348 cm³/mol. The molecule has 0 aliphatic heterocycles. The SMILES string of the molecule is C.C.C.C.C.C.CC.CC.CC.CC.CC.CC.CC.CC.CC.CC.CC.CC.Cn1cccc1.c1ccc2nc3ccccc3cc2c1.c1ccncc1.c1ccoc1.c1ccsc1.c1ncncn1. The molecule has 0 bridgehead atoms. The number of aromatic nitrogens is 6. The number of hydrogen-bond acceptors (Lipinski definition) is 7. The van der Waals surface area contributed by atoms with Crippen molar-refractivity contribution in [3.8, 4) is 0 Å². The van der Waals surface area contributed by atoms with Gasteiger partial charge in [0.05, 0.1) is 23.6 Å². The molecule has 0 amide bonds. The molecule has 2 aromatic carbocycles. The van der Waals surface area contributed by atoms with Gasteiger partial charge >= 0.3 is 0 Å². The monoisotopic (exact) mass is 1030 g/mol. The first-order valence-corrected chi connectivity index (χ1v) is 25.9. The largest absolute Gasteiger partial charge is 0.473 e. The second-order valence-electron chi connectivity index (χ2n) is 8.13. The van der Waals surface area contributed by atoms with Gasteiger partial charge in [0, 0.05) is 42.6 Å². The van der Waals surface area contributed by atoms with Crippen LogP contribution in [0.2, 0.25) is 0 Å². The third-order valence-corrected chi connectivity index (χ3v) is 5.62. The summed E-state index contributed by atoms with van der Waals surface area (Å²) in [5.41, 5.74) is 2.12. The van der Waals surface area contributed by atoms with E-state index in [-0.39, 0.29) is 44.6 Å². The van der Waals surface area contributed by atoms with Crippen LogP contribution in [0.1, 0.15) is 211 Å². The van der Waals surface area contributed by atoms with Crippen LogP contribution in [-0.2, 0) is 7.05 Å². The standard InChI is InChI=1S/C13H9N.C5H7N.C5H5N.C4H4O.C4H4S.C3H3N3.12C2H6.6CH4/c1-3-7-12-10(5-1)9-11-6-2-4-8-13(11)14-12;1-6-4-2-3-5-6;1-2-4-6-5-3-1;2*1-2-4-5-3-1;1-4-2-6-3-5-1;12*1-2;;;;;;/h1-9H;2-5H,1H3;1-5H;2*1-4H;1-3H;12*1-2H3;6*1H4. The van der Waals surface area contributed by atoms with E-state index in [0.29, 0.717) is 0 Å². The Labute approximate surface area is 458 Å². The molecule has 72 heavy (non-hydrogen) atoms. The molecule has 8 aromatic rings. The lowest BCUT2D eigenvalue weighted by Gasteiger charge is -1.99. The van der Waals surface area contributed by atoms with Gasteiger partial charge in [-0.2, -0.15) is 11.3 Å². The highest BCUT2D eigenvalue weighted by Gasteiger charge is 1.96. The highest BCUT2D eigenvalue weighted by Crippen LogP contribution is 2.18. The number of furan rings is 1. The van der Waals surface area contributed by atoms with Crippen molar-refractivity contribution in [2.24, 2.45) is 7.05 Å². The molecule has 0 saturated carbocycles. The fourth-order valence-electron chi connectivity index (χ4n) is 3.11. The Morgan fingerprint density at radius 2 is 0.653 bits per heavy atom. The number of para-hydroxylation sites is 2. The number of benzene rings is 2. The minimum Gasteiger partial charge on any atom is -0.473 e. The maximum atomic E-state index is 4.58. The molecule has 8 rings (SSSR count). The minimum absolute atomic E-state index is 0. The number of fused-ring (bicyclic) bond motifs is 2. The molecular weight excluding hydrogens is 901 g/mol. The summed E-state index contributed by atoms with van der Waals surface area (Å²) in [7, 11) is 2.00. The van der Waals surface area contributed by atoms with Crippen LogP contribution in [0.15, 0.2) is 181 Å². The zero-order chi connectivity index (χ0) is 53.3. The lowest BCUT2D eigenvalue weighted by Crippen LogP contribution is -1.80. The summed E-state index contributed by atoms with van der Waals surface area (Å²) in [5, 5.41) is 6.48.